The van der Waals surface area contributed by atoms with Gasteiger partial charge in [-0.25, -0.2) is 9.59 Å². The van der Waals surface area contributed by atoms with Gasteiger partial charge in [0.1, 0.15) is 17.9 Å². The first kappa shape index (κ1) is 16.1. The number of benzene rings is 1. The minimum Gasteiger partial charge on any atom is -0.488 e. The van der Waals surface area contributed by atoms with Gasteiger partial charge < -0.3 is 20.1 Å². The van der Waals surface area contributed by atoms with E-state index in [1.54, 1.807) is 0 Å². The first-order valence-corrected chi connectivity index (χ1v) is 7.29. The lowest BCUT2D eigenvalue weighted by Gasteiger charge is -2.27. The number of carboxylic acid groups (broad SMARTS) is 1. The fourth-order valence-electron chi connectivity index (χ4n) is 2.43. The van der Waals surface area contributed by atoms with Crippen LogP contribution in [0.25, 0.3) is 0 Å². The van der Waals surface area contributed by atoms with Crippen LogP contribution >= 0.6 is 0 Å². The third-order valence-electron chi connectivity index (χ3n) is 3.34. The average Bonchev–Trinajstić information content (AvgIpc) is 2.82. The number of ether oxygens (including phenoxy) is 1. The van der Waals surface area contributed by atoms with Gasteiger partial charge in [-0.15, -0.1) is 0 Å². The SMILES string of the molecule is CC(C)(C)NC(=O)N1C[C@@H](Oc2ccccc2)C[C@H]1C(=O)O. The summed E-state index contributed by atoms with van der Waals surface area (Å²) in [5.74, 6) is -0.335. The summed E-state index contributed by atoms with van der Waals surface area (Å²) in [6, 6.07) is 7.97. The molecule has 0 spiro atoms. The second-order valence-electron chi connectivity index (χ2n) is 6.48. The molecule has 1 aliphatic rings. The lowest BCUT2D eigenvalue weighted by atomic mass is 10.1. The third kappa shape index (κ3) is 4.13. The number of aliphatic carboxylic acids is 1. The van der Waals surface area contributed by atoms with Crippen molar-refractivity contribution < 1.29 is 19.4 Å². The number of likely N-dealkylation sites (tertiary alicyclic amines) is 1. The van der Waals surface area contributed by atoms with Gasteiger partial charge >= 0.3 is 12.0 Å². The van der Waals surface area contributed by atoms with Crippen molar-refractivity contribution in [3.63, 3.8) is 0 Å². The quantitative estimate of drug-likeness (QED) is 0.896. The molecule has 1 fully saturated rings. The molecule has 2 rings (SSSR count). The molecule has 1 heterocycles. The van der Waals surface area contributed by atoms with Crippen LogP contribution in [0.3, 0.4) is 0 Å². The highest BCUT2D eigenvalue weighted by molar-refractivity contribution is 5.83. The Morgan fingerprint density at radius 1 is 1.27 bits per heavy atom. The monoisotopic (exact) mass is 306 g/mol. The normalized spacial score (nSPS) is 21.5. The molecule has 22 heavy (non-hydrogen) atoms. The molecule has 0 bridgehead atoms. The summed E-state index contributed by atoms with van der Waals surface area (Å²) in [5, 5.41) is 12.1. The molecule has 1 aromatic rings. The molecule has 0 unspecified atom stereocenters. The van der Waals surface area contributed by atoms with Gasteiger partial charge in [0.05, 0.1) is 6.54 Å². The lowest BCUT2D eigenvalue weighted by Crippen LogP contribution is -2.51. The summed E-state index contributed by atoms with van der Waals surface area (Å²) < 4.78 is 5.78. The van der Waals surface area contributed by atoms with E-state index in [1.807, 2.05) is 51.1 Å². The number of rotatable bonds is 3. The molecule has 2 N–H and O–H groups in total. The summed E-state index contributed by atoms with van der Waals surface area (Å²) in [5.41, 5.74) is -0.418. The van der Waals surface area contributed by atoms with Crippen LogP contribution in [0, 0.1) is 0 Å². The van der Waals surface area contributed by atoms with E-state index in [9.17, 15) is 14.7 Å². The molecule has 0 aliphatic carbocycles. The first-order chi connectivity index (χ1) is 10.3. The van der Waals surface area contributed by atoms with E-state index >= 15 is 0 Å². The number of amides is 2. The molecule has 120 valence electrons. The van der Waals surface area contributed by atoms with E-state index in [0.29, 0.717) is 5.75 Å². The van der Waals surface area contributed by atoms with Crippen LogP contribution in [0.4, 0.5) is 4.79 Å². The zero-order chi connectivity index (χ0) is 16.3. The number of nitrogens with zero attached hydrogens (tertiary/aromatic N) is 1. The van der Waals surface area contributed by atoms with Crippen molar-refractivity contribution >= 4 is 12.0 Å². The van der Waals surface area contributed by atoms with Crippen LogP contribution in [-0.4, -0.2) is 46.2 Å². The molecule has 2 amide bonds. The predicted molar refractivity (Wildman–Crippen MR) is 81.9 cm³/mol. The van der Waals surface area contributed by atoms with E-state index in [4.69, 9.17) is 4.74 Å². The number of hydrogen-bond acceptors (Lipinski definition) is 3. The van der Waals surface area contributed by atoms with Crippen LogP contribution in [0.1, 0.15) is 27.2 Å². The maximum Gasteiger partial charge on any atom is 0.326 e. The molecule has 0 saturated carbocycles. The van der Waals surface area contributed by atoms with Gasteiger partial charge in [-0.1, -0.05) is 18.2 Å². The molecule has 0 radical (unpaired) electrons. The number of hydrogen-bond donors (Lipinski definition) is 2. The maximum atomic E-state index is 12.3. The molecular weight excluding hydrogens is 284 g/mol. The highest BCUT2D eigenvalue weighted by Crippen LogP contribution is 2.23. The number of carboxylic acids is 1. The van der Waals surface area contributed by atoms with Crippen LogP contribution in [0.15, 0.2) is 30.3 Å². The van der Waals surface area contributed by atoms with Gasteiger partial charge in [-0.3, -0.25) is 0 Å². The van der Waals surface area contributed by atoms with Crippen LogP contribution in [-0.2, 0) is 4.79 Å². The highest BCUT2D eigenvalue weighted by atomic mass is 16.5. The number of para-hydroxylation sites is 1. The molecule has 6 heteroatoms. The summed E-state index contributed by atoms with van der Waals surface area (Å²) in [6.07, 6.45) is -0.0452. The Hall–Kier alpha value is -2.24. The smallest absolute Gasteiger partial charge is 0.326 e. The molecule has 0 aromatic heterocycles. The third-order valence-corrected chi connectivity index (χ3v) is 3.34. The molecular formula is C16H22N2O4. The van der Waals surface area contributed by atoms with E-state index < -0.39 is 17.6 Å². The van der Waals surface area contributed by atoms with Crippen molar-refractivity contribution in [1.82, 2.24) is 10.2 Å². The van der Waals surface area contributed by atoms with Gasteiger partial charge in [0.15, 0.2) is 0 Å². The van der Waals surface area contributed by atoms with Gasteiger partial charge in [-0.2, -0.15) is 0 Å². The Morgan fingerprint density at radius 2 is 1.91 bits per heavy atom. The topological polar surface area (TPSA) is 78.9 Å². The number of carbonyl (C=O) groups excluding carboxylic acids is 1. The van der Waals surface area contributed by atoms with Crippen LogP contribution in [0.5, 0.6) is 5.75 Å². The summed E-state index contributed by atoms with van der Waals surface area (Å²) in [7, 11) is 0. The van der Waals surface area contributed by atoms with Crippen molar-refractivity contribution in [3.8, 4) is 5.75 Å². The van der Waals surface area contributed by atoms with E-state index in [2.05, 4.69) is 5.32 Å². The largest absolute Gasteiger partial charge is 0.488 e. The number of urea groups is 1. The van der Waals surface area contributed by atoms with Gasteiger partial charge in [0.2, 0.25) is 0 Å². The second kappa shape index (κ2) is 6.25. The van der Waals surface area contributed by atoms with Crippen molar-refractivity contribution in [2.75, 3.05) is 6.54 Å². The fourth-order valence-corrected chi connectivity index (χ4v) is 2.43. The van der Waals surface area contributed by atoms with E-state index in [-0.39, 0.29) is 25.1 Å². The summed E-state index contributed by atoms with van der Waals surface area (Å²) >= 11 is 0. The average molecular weight is 306 g/mol. The van der Waals surface area contributed by atoms with E-state index in [1.165, 1.54) is 4.90 Å². The van der Waals surface area contributed by atoms with Crippen molar-refractivity contribution in [2.24, 2.45) is 0 Å². The van der Waals surface area contributed by atoms with Gasteiger partial charge in [-0.05, 0) is 32.9 Å². The van der Waals surface area contributed by atoms with Gasteiger partial charge in [0, 0.05) is 12.0 Å². The van der Waals surface area contributed by atoms with E-state index in [0.717, 1.165) is 0 Å². The first-order valence-electron chi connectivity index (χ1n) is 7.29. The van der Waals surface area contributed by atoms with Crippen molar-refractivity contribution in [3.05, 3.63) is 30.3 Å². The summed E-state index contributed by atoms with van der Waals surface area (Å²) in [6.45, 7) is 5.83. The second-order valence-corrected chi connectivity index (χ2v) is 6.48. The number of carbonyl (C=O) groups is 2. The molecule has 2 atom stereocenters. The Morgan fingerprint density at radius 3 is 2.45 bits per heavy atom. The fraction of sp³-hybridized carbons (Fsp3) is 0.500. The highest BCUT2D eigenvalue weighted by Gasteiger charge is 2.41. The molecule has 1 aromatic carbocycles. The zero-order valence-electron chi connectivity index (χ0n) is 13.1. The molecule has 1 aliphatic heterocycles. The molecule has 6 nitrogen and oxygen atoms in total. The lowest BCUT2D eigenvalue weighted by molar-refractivity contribution is -0.141. The maximum absolute atomic E-state index is 12.3. The van der Waals surface area contributed by atoms with Crippen molar-refractivity contribution in [1.29, 1.82) is 0 Å². The predicted octanol–water partition coefficient (Wildman–Crippen LogP) is 2.10. The Labute approximate surface area is 130 Å². The number of nitrogens with one attached hydrogen (secondary N) is 1. The standard InChI is InChI=1S/C16H22N2O4/c1-16(2,3)17-15(21)18-10-12(9-13(18)14(19)20)22-11-7-5-4-6-8-11/h4-8,12-13H,9-10H2,1-3H3,(H,17,21)(H,19,20)/t12-,13-/m0/s1. The Balaban J connectivity index is 2.06. The summed E-state index contributed by atoms with van der Waals surface area (Å²) in [4.78, 5) is 25.0. The van der Waals surface area contributed by atoms with Crippen LogP contribution < -0.4 is 10.1 Å². The Kier molecular flexibility index (Phi) is 4.59. The minimum absolute atomic E-state index is 0.258. The Bertz CT molecular complexity index is 539. The van der Waals surface area contributed by atoms with Gasteiger partial charge in [0.25, 0.3) is 0 Å². The molecule has 1 saturated heterocycles. The van der Waals surface area contributed by atoms with Crippen LogP contribution in [0.2, 0.25) is 0 Å². The zero-order valence-corrected chi connectivity index (χ0v) is 13.1. The van der Waals surface area contributed by atoms with Crippen molar-refractivity contribution in [2.45, 2.75) is 44.9 Å². The minimum atomic E-state index is -1.01.